The van der Waals surface area contributed by atoms with Crippen molar-refractivity contribution in [1.82, 2.24) is 15.6 Å². The normalized spacial score (nSPS) is 13.5. The Kier molecular flexibility index (Phi) is 8.83. The molecular formula is C22H26N4O7. The van der Waals surface area contributed by atoms with E-state index in [2.05, 4.69) is 15.8 Å². The largest absolute Gasteiger partial charge is 0.490 e. The number of morpholine rings is 1. The lowest BCUT2D eigenvalue weighted by molar-refractivity contribution is -0.139. The van der Waals surface area contributed by atoms with Crippen LogP contribution in [0.1, 0.15) is 18.2 Å². The number of carbonyl (C=O) groups is 3. The monoisotopic (exact) mass is 458 g/mol. The van der Waals surface area contributed by atoms with Gasteiger partial charge >= 0.3 is 11.8 Å². The van der Waals surface area contributed by atoms with E-state index in [-0.39, 0.29) is 19.1 Å². The maximum absolute atomic E-state index is 12.3. The van der Waals surface area contributed by atoms with Crippen molar-refractivity contribution in [3.63, 3.8) is 0 Å². The highest BCUT2D eigenvalue weighted by atomic mass is 16.5. The van der Waals surface area contributed by atoms with Gasteiger partial charge in [-0.05, 0) is 42.8 Å². The Balaban J connectivity index is 1.51. The molecule has 1 aliphatic heterocycles. The van der Waals surface area contributed by atoms with Crippen molar-refractivity contribution < 1.29 is 33.0 Å². The van der Waals surface area contributed by atoms with Crippen LogP contribution in [0.3, 0.4) is 0 Å². The molecule has 0 bridgehead atoms. The summed E-state index contributed by atoms with van der Waals surface area (Å²) in [5.41, 5.74) is 2.76. The van der Waals surface area contributed by atoms with Crippen LogP contribution >= 0.6 is 0 Å². The van der Waals surface area contributed by atoms with Crippen LogP contribution in [0, 0.1) is 0 Å². The first-order valence-corrected chi connectivity index (χ1v) is 10.5. The Morgan fingerprint density at radius 1 is 1.12 bits per heavy atom. The zero-order valence-corrected chi connectivity index (χ0v) is 18.2. The number of nitrogens with zero attached hydrogens (tertiary/aromatic N) is 2. The standard InChI is InChI=1S/C22H26N4O7/c1-2-31-19-12-16(5-6-18(19)33-15-20(27)26-7-10-30-11-8-26)13-24-25-22(29)21(28)23-14-17-4-3-9-32-17/h3-6,9,12-13H,2,7-8,10-11,14-15H2,1H3,(H,23,28)(H,25,29)/b24-13-. The van der Waals surface area contributed by atoms with Gasteiger partial charge in [-0.25, -0.2) is 5.43 Å². The van der Waals surface area contributed by atoms with Gasteiger partial charge in [-0.15, -0.1) is 0 Å². The molecule has 0 saturated carbocycles. The van der Waals surface area contributed by atoms with Crippen molar-refractivity contribution in [2.24, 2.45) is 5.10 Å². The first-order chi connectivity index (χ1) is 16.1. The molecule has 11 heteroatoms. The summed E-state index contributed by atoms with van der Waals surface area (Å²) in [4.78, 5) is 37.6. The number of benzene rings is 1. The predicted octanol–water partition coefficient (Wildman–Crippen LogP) is 0.682. The van der Waals surface area contributed by atoms with Crippen molar-refractivity contribution in [3.8, 4) is 11.5 Å². The van der Waals surface area contributed by atoms with Crippen molar-refractivity contribution >= 4 is 23.9 Å². The van der Waals surface area contributed by atoms with Crippen molar-refractivity contribution in [3.05, 3.63) is 47.9 Å². The third-order valence-electron chi connectivity index (χ3n) is 4.57. The summed E-state index contributed by atoms with van der Waals surface area (Å²) in [6, 6.07) is 8.35. The molecule has 3 amide bonds. The molecule has 11 nitrogen and oxygen atoms in total. The molecule has 1 aromatic carbocycles. The van der Waals surface area contributed by atoms with Gasteiger partial charge in [-0.3, -0.25) is 14.4 Å². The van der Waals surface area contributed by atoms with Crippen LogP contribution in [-0.4, -0.2) is 68.4 Å². The van der Waals surface area contributed by atoms with Crippen LogP contribution in [0.25, 0.3) is 0 Å². The molecule has 0 atom stereocenters. The molecule has 2 N–H and O–H groups in total. The average Bonchev–Trinajstić information content (AvgIpc) is 3.36. The number of hydrogen-bond acceptors (Lipinski definition) is 8. The van der Waals surface area contributed by atoms with Crippen LogP contribution in [0.15, 0.2) is 46.1 Å². The zero-order chi connectivity index (χ0) is 23.5. The van der Waals surface area contributed by atoms with E-state index in [0.717, 1.165) is 0 Å². The molecule has 1 saturated heterocycles. The van der Waals surface area contributed by atoms with Gasteiger partial charge in [0.2, 0.25) is 0 Å². The highest BCUT2D eigenvalue weighted by molar-refractivity contribution is 6.35. The minimum atomic E-state index is -0.913. The van der Waals surface area contributed by atoms with Gasteiger partial charge in [0.1, 0.15) is 5.76 Å². The van der Waals surface area contributed by atoms with Crippen LogP contribution in [-0.2, 0) is 25.7 Å². The fraction of sp³-hybridized carbons (Fsp3) is 0.364. The van der Waals surface area contributed by atoms with E-state index in [4.69, 9.17) is 18.6 Å². The number of carbonyl (C=O) groups excluding carboxylic acids is 3. The Hall–Kier alpha value is -3.86. The van der Waals surface area contributed by atoms with Crippen LogP contribution < -0.4 is 20.2 Å². The van der Waals surface area contributed by atoms with Crippen LogP contribution in [0.4, 0.5) is 0 Å². The molecule has 3 rings (SSSR count). The lowest BCUT2D eigenvalue weighted by Crippen LogP contribution is -2.43. The second-order valence-corrected chi connectivity index (χ2v) is 6.88. The zero-order valence-electron chi connectivity index (χ0n) is 18.2. The number of ether oxygens (including phenoxy) is 3. The Bertz CT molecular complexity index is 969. The highest BCUT2D eigenvalue weighted by Gasteiger charge is 2.18. The summed E-state index contributed by atoms with van der Waals surface area (Å²) < 4.78 is 21.6. The molecule has 33 heavy (non-hydrogen) atoms. The van der Waals surface area contributed by atoms with E-state index < -0.39 is 11.8 Å². The fourth-order valence-corrected chi connectivity index (χ4v) is 2.91. The molecule has 0 unspecified atom stereocenters. The summed E-state index contributed by atoms with van der Waals surface area (Å²) in [6.45, 7) is 4.32. The van der Waals surface area contributed by atoms with E-state index in [1.54, 1.807) is 35.2 Å². The number of hydrogen-bond donors (Lipinski definition) is 2. The van der Waals surface area contributed by atoms with E-state index >= 15 is 0 Å². The molecule has 176 valence electrons. The Morgan fingerprint density at radius 3 is 2.67 bits per heavy atom. The first kappa shape index (κ1) is 23.8. The first-order valence-electron chi connectivity index (χ1n) is 10.5. The van der Waals surface area contributed by atoms with E-state index in [1.807, 2.05) is 6.92 Å². The van der Waals surface area contributed by atoms with Gasteiger partial charge in [0.15, 0.2) is 18.1 Å². The maximum Gasteiger partial charge on any atom is 0.329 e. The van der Waals surface area contributed by atoms with E-state index in [1.165, 1.54) is 12.5 Å². The molecule has 2 heterocycles. The maximum atomic E-state index is 12.3. The van der Waals surface area contributed by atoms with Gasteiger partial charge in [0, 0.05) is 13.1 Å². The van der Waals surface area contributed by atoms with E-state index in [0.29, 0.717) is 55.7 Å². The van der Waals surface area contributed by atoms with Crippen LogP contribution in [0.2, 0.25) is 0 Å². The summed E-state index contributed by atoms with van der Waals surface area (Å²) in [7, 11) is 0. The van der Waals surface area contributed by atoms with Gasteiger partial charge in [-0.2, -0.15) is 5.10 Å². The number of hydrazone groups is 1. The topological polar surface area (TPSA) is 132 Å². The lowest BCUT2D eigenvalue weighted by atomic mass is 10.2. The van der Waals surface area contributed by atoms with E-state index in [9.17, 15) is 14.4 Å². The SMILES string of the molecule is CCOc1cc(/C=N\NC(=O)C(=O)NCc2ccco2)ccc1OCC(=O)N1CCOCC1. The lowest BCUT2D eigenvalue weighted by Gasteiger charge is -2.26. The summed E-state index contributed by atoms with van der Waals surface area (Å²) in [5.74, 6) is -0.510. The third-order valence-corrected chi connectivity index (χ3v) is 4.57. The highest BCUT2D eigenvalue weighted by Crippen LogP contribution is 2.28. The van der Waals surface area contributed by atoms with Crippen molar-refractivity contribution in [2.75, 3.05) is 39.5 Å². The van der Waals surface area contributed by atoms with Crippen molar-refractivity contribution in [2.45, 2.75) is 13.5 Å². The van der Waals surface area contributed by atoms with Crippen molar-refractivity contribution in [1.29, 1.82) is 0 Å². The van der Waals surface area contributed by atoms with Gasteiger partial charge < -0.3 is 28.8 Å². The van der Waals surface area contributed by atoms with Gasteiger partial charge in [-0.1, -0.05) is 0 Å². The molecule has 0 radical (unpaired) electrons. The summed E-state index contributed by atoms with van der Waals surface area (Å²) in [5, 5.41) is 6.22. The smallest absolute Gasteiger partial charge is 0.329 e. The third kappa shape index (κ3) is 7.35. The fourth-order valence-electron chi connectivity index (χ4n) is 2.91. The Labute approximate surface area is 190 Å². The summed E-state index contributed by atoms with van der Waals surface area (Å²) >= 11 is 0. The minimum absolute atomic E-state index is 0.0934. The number of rotatable bonds is 9. The Morgan fingerprint density at radius 2 is 1.94 bits per heavy atom. The van der Waals surface area contributed by atoms with Gasteiger partial charge in [0.25, 0.3) is 5.91 Å². The molecule has 0 aliphatic carbocycles. The summed E-state index contributed by atoms with van der Waals surface area (Å²) in [6.07, 6.45) is 2.84. The second kappa shape index (κ2) is 12.2. The molecule has 0 spiro atoms. The quantitative estimate of drug-likeness (QED) is 0.321. The average molecular weight is 458 g/mol. The second-order valence-electron chi connectivity index (χ2n) is 6.88. The predicted molar refractivity (Wildman–Crippen MR) is 117 cm³/mol. The van der Waals surface area contributed by atoms with Crippen LogP contribution in [0.5, 0.6) is 11.5 Å². The molecule has 2 aromatic rings. The number of amides is 3. The van der Waals surface area contributed by atoms with Gasteiger partial charge in [0.05, 0.1) is 38.8 Å². The number of furan rings is 1. The number of nitrogens with one attached hydrogen (secondary N) is 2. The molecule has 1 aliphatic rings. The molecular weight excluding hydrogens is 432 g/mol. The molecule has 1 fully saturated rings. The molecule has 1 aromatic heterocycles. The minimum Gasteiger partial charge on any atom is -0.490 e.